The molecule has 0 aliphatic heterocycles. The largest absolute Gasteiger partial charge is 0.493 e. The maximum atomic E-state index is 6.33. The Kier molecular flexibility index (Phi) is 7.63. The van der Waals surface area contributed by atoms with Crippen LogP contribution in [0.5, 0.6) is 11.5 Å². The van der Waals surface area contributed by atoms with Crippen molar-refractivity contribution in [2.75, 3.05) is 27.2 Å². The molecule has 1 unspecified atom stereocenters. The van der Waals surface area contributed by atoms with Crippen LogP contribution in [0, 0.1) is 0 Å². The second-order valence-electron chi connectivity index (χ2n) is 6.11. The van der Waals surface area contributed by atoms with Crippen LogP contribution in [0.15, 0.2) is 54.6 Å². The number of unbranched alkanes of at least 4 members (excludes halogenated alkanes) is 1. The first-order chi connectivity index (χ1) is 11.7. The maximum Gasteiger partial charge on any atom is 0.162 e. The van der Waals surface area contributed by atoms with Gasteiger partial charge in [-0.1, -0.05) is 55.8 Å². The van der Waals surface area contributed by atoms with E-state index in [1.54, 1.807) is 7.11 Å². The first kappa shape index (κ1) is 18.3. The van der Waals surface area contributed by atoms with Crippen molar-refractivity contribution in [1.29, 1.82) is 0 Å². The lowest BCUT2D eigenvalue weighted by molar-refractivity contribution is 0.166. The topological polar surface area (TPSA) is 21.7 Å². The average molecular weight is 327 g/mol. The zero-order valence-corrected chi connectivity index (χ0v) is 15.1. The molecule has 0 radical (unpaired) electrons. The van der Waals surface area contributed by atoms with E-state index in [9.17, 15) is 0 Å². The van der Waals surface area contributed by atoms with Gasteiger partial charge in [0.15, 0.2) is 11.5 Å². The predicted octanol–water partition coefficient (Wildman–Crippen LogP) is 4.94. The van der Waals surface area contributed by atoms with Crippen molar-refractivity contribution in [2.24, 2.45) is 0 Å². The Hall–Kier alpha value is -2.00. The fourth-order valence-corrected chi connectivity index (χ4v) is 2.71. The van der Waals surface area contributed by atoms with Crippen LogP contribution in [0.1, 0.15) is 37.9 Å². The van der Waals surface area contributed by atoms with E-state index >= 15 is 0 Å². The molecular formula is C21H29NO2. The van der Waals surface area contributed by atoms with E-state index in [4.69, 9.17) is 9.47 Å². The molecule has 0 N–H and O–H groups in total. The molecule has 1 atom stereocenters. The molecule has 130 valence electrons. The molecule has 3 heteroatoms. The second kappa shape index (κ2) is 9.99. The van der Waals surface area contributed by atoms with Crippen molar-refractivity contribution < 1.29 is 9.47 Å². The van der Waals surface area contributed by atoms with Crippen molar-refractivity contribution >= 4 is 0 Å². The summed E-state index contributed by atoms with van der Waals surface area (Å²) in [5, 5.41) is 0. The molecule has 2 aromatic carbocycles. The number of benzene rings is 2. The first-order valence-corrected chi connectivity index (χ1v) is 8.77. The molecule has 0 saturated carbocycles. The normalized spacial score (nSPS) is 12.2. The number of hydrogen-bond donors (Lipinski definition) is 0. The highest BCUT2D eigenvalue weighted by atomic mass is 16.5. The van der Waals surface area contributed by atoms with Gasteiger partial charge in [-0.3, -0.25) is 0 Å². The highest BCUT2D eigenvalue weighted by Crippen LogP contribution is 2.32. The molecule has 0 fully saturated rings. The van der Waals surface area contributed by atoms with E-state index in [0.717, 1.165) is 31.0 Å². The number of ether oxygens (including phenoxy) is 2. The van der Waals surface area contributed by atoms with Crippen LogP contribution in [0.4, 0.5) is 0 Å². The summed E-state index contributed by atoms with van der Waals surface area (Å²) in [4.78, 5) is 2.38. The van der Waals surface area contributed by atoms with Gasteiger partial charge in [-0.25, -0.2) is 0 Å². The third kappa shape index (κ3) is 5.57. The van der Waals surface area contributed by atoms with Crippen molar-refractivity contribution in [2.45, 2.75) is 32.3 Å². The highest BCUT2D eigenvalue weighted by Gasteiger charge is 2.16. The standard InChI is InChI=1S/C21H29NO2/c1-4-5-16-22(2)17-15-19(18-11-7-6-8-12-18)24-21-14-10-9-13-20(21)23-3/h6-14,19H,4-5,15-17H2,1-3H3. The van der Waals surface area contributed by atoms with Crippen LogP contribution in [0.25, 0.3) is 0 Å². The SMILES string of the molecule is CCCCN(C)CCC(Oc1ccccc1OC)c1ccccc1. The molecule has 0 bridgehead atoms. The zero-order chi connectivity index (χ0) is 17.2. The minimum absolute atomic E-state index is 0.0200. The first-order valence-electron chi connectivity index (χ1n) is 8.77. The Balaban J connectivity index is 2.09. The summed E-state index contributed by atoms with van der Waals surface area (Å²) in [5.74, 6) is 1.57. The van der Waals surface area contributed by atoms with Gasteiger partial charge in [0.2, 0.25) is 0 Å². The molecule has 24 heavy (non-hydrogen) atoms. The lowest BCUT2D eigenvalue weighted by Gasteiger charge is -2.24. The lowest BCUT2D eigenvalue weighted by atomic mass is 10.1. The molecule has 2 aromatic rings. The molecule has 2 rings (SSSR count). The quantitative estimate of drug-likeness (QED) is 0.617. The fraction of sp³-hybridized carbons (Fsp3) is 0.429. The van der Waals surface area contributed by atoms with Crippen molar-refractivity contribution in [3.8, 4) is 11.5 Å². The van der Waals surface area contributed by atoms with E-state index in [1.807, 2.05) is 30.3 Å². The molecule has 0 amide bonds. The predicted molar refractivity (Wildman–Crippen MR) is 99.8 cm³/mol. The number of para-hydroxylation sites is 2. The summed E-state index contributed by atoms with van der Waals surface area (Å²) in [6, 6.07) is 18.3. The van der Waals surface area contributed by atoms with E-state index in [1.165, 1.54) is 18.4 Å². The third-order valence-corrected chi connectivity index (χ3v) is 4.18. The molecule has 0 aliphatic rings. The average Bonchev–Trinajstić information content (AvgIpc) is 2.64. The van der Waals surface area contributed by atoms with Gasteiger partial charge in [-0.2, -0.15) is 0 Å². The summed E-state index contributed by atoms with van der Waals surface area (Å²) in [7, 11) is 3.86. The van der Waals surface area contributed by atoms with Crippen LogP contribution in [-0.4, -0.2) is 32.1 Å². The summed E-state index contributed by atoms with van der Waals surface area (Å²) >= 11 is 0. The van der Waals surface area contributed by atoms with Gasteiger partial charge in [0.05, 0.1) is 7.11 Å². The number of methoxy groups -OCH3 is 1. The van der Waals surface area contributed by atoms with E-state index in [0.29, 0.717) is 0 Å². The monoisotopic (exact) mass is 327 g/mol. The number of nitrogens with zero attached hydrogens (tertiary/aromatic N) is 1. The molecule has 3 nitrogen and oxygen atoms in total. The van der Waals surface area contributed by atoms with Crippen molar-refractivity contribution in [1.82, 2.24) is 4.90 Å². The van der Waals surface area contributed by atoms with Crippen molar-refractivity contribution in [3.63, 3.8) is 0 Å². The molecule has 0 spiro atoms. The third-order valence-electron chi connectivity index (χ3n) is 4.18. The number of rotatable bonds is 10. The van der Waals surface area contributed by atoms with E-state index in [-0.39, 0.29) is 6.10 Å². The summed E-state index contributed by atoms with van der Waals surface area (Å²) in [6.07, 6.45) is 3.43. The molecule has 0 aliphatic carbocycles. The van der Waals surface area contributed by atoms with Gasteiger partial charge in [0.1, 0.15) is 6.10 Å². The van der Waals surface area contributed by atoms with Gasteiger partial charge in [-0.15, -0.1) is 0 Å². The van der Waals surface area contributed by atoms with Gasteiger partial charge in [-0.05, 0) is 37.7 Å². The van der Waals surface area contributed by atoms with Gasteiger partial charge >= 0.3 is 0 Å². The van der Waals surface area contributed by atoms with E-state index in [2.05, 4.69) is 43.1 Å². The Morgan fingerprint density at radius 1 is 0.917 bits per heavy atom. The molecule has 0 aromatic heterocycles. The Morgan fingerprint density at radius 2 is 1.58 bits per heavy atom. The molecule has 0 heterocycles. The van der Waals surface area contributed by atoms with Crippen molar-refractivity contribution in [3.05, 3.63) is 60.2 Å². The smallest absolute Gasteiger partial charge is 0.162 e. The molecule has 0 saturated heterocycles. The fourth-order valence-electron chi connectivity index (χ4n) is 2.71. The van der Waals surface area contributed by atoms with Crippen LogP contribution in [0.3, 0.4) is 0 Å². The Labute approximate surface area is 146 Å². The Morgan fingerprint density at radius 3 is 2.25 bits per heavy atom. The zero-order valence-electron chi connectivity index (χ0n) is 15.1. The molecular weight excluding hydrogens is 298 g/mol. The highest BCUT2D eigenvalue weighted by molar-refractivity contribution is 5.40. The van der Waals surface area contributed by atoms with Gasteiger partial charge in [0, 0.05) is 13.0 Å². The summed E-state index contributed by atoms with van der Waals surface area (Å²) < 4.78 is 11.8. The number of hydrogen-bond acceptors (Lipinski definition) is 3. The second-order valence-corrected chi connectivity index (χ2v) is 6.11. The van der Waals surface area contributed by atoms with Crippen LogP contribution < -0.4 is 9.47 Å². The summed E-state index contributed by atoms with van der Waals surface area (Å²) in [5.41, 5.74) is 1.20. The minimum atomic E-state index is 0.0200. The lowest BCUT2D eigenvalue weighted by Crippen LogP contribution is -2.24. The van der Waals surface area contributed by atoms with Crippen LogP contribution >= 0.6 is 0 Å². The van der Waals surface area contributed by atoms with Gasteiger partial charge in [0.25, 0.3) is 0 Å². The Bertz CT molecular complexity index is 585. The van der Waals surface area contributed by atoms with E-state index < -0.39 is 0 Å². The van der Waals surface area contributed by atoms with Crippen LogP contribution in [0.2, 0.25) is 0 Å². The van der Waals surface area contributed by atoms with Crippen LogP contribution in [-0.2, 0) is 0 Å². The maximum absolute atomic E-state index is 6.33. The minimum Gasteiger partial charge on any atom is -0.493 e. The summed E-state index contributed by atoms with van der Waals surface area (Å²) in [6.45, 7) is 4.37. The van der Waals surface area contributed by atoms with Gasteiger partial charge < -0.3 is 14.4 Å².